The molecule has 2 saturated heterocycles. The highest BCUT2D eigenvalue weighted by Crippen LogP contribution is 2.29. The van der Waals surface area contributed by atoms with Crippen LogP contribution >= 0.6 is 0 Å². The number of hydrogen-bond donors (Lipinski definition) is 1. The van der Waals surface area contributed by atoms with Gasteiger partial charge in [-0.1, -0.05) is 6.07 Å². The molecular weight excluding hydrogens is 326 g/mol. The highest BCUT2D eigenvalue weighted by molar-refractivity contribution is 7.91. The third-order valence-corrected chi connectivity index (χ3v) is 6.64. The van der Waals surface area contributed by atoms with Gasteiger partial charge < -0.3 is 4.98 Å². The van der Waals surface area contributed by atoms with Gasteiger partial charge in [0.25, 0.3) is 0 Å². The fraction of sp³-hybridized carbons (Fsp3) is 0.500. The summed E-state index contributed by atoms with van der Waals surface area (Å²) in [5, 5.41) is 0. The summed E-state index contributed by atoms with van der Waals surface area (Å²) in [6.45, 7) is 3.19. The van der Waals surface area contributed by atoms with Crippen LogP contribution in [0.1, 0.15) is 11.3 Å². The molecule has 4 rings (SSSR count). The maximum Gasteiger partial charge on any atom is 0.153 e. The fourth-order valence-corrected chi connectivity index (χ4v) is 5.85. The van der Waals surface area contributed by atoms with Gasteiger partial charge in [-0.05, 0) is 11.6 Å². The Morgan fingerprint density at radius 1 is 1.08 bits per heavy atom. The van der Waals surface area contributed by atoms with Crippen molar-refractivity contribution in [2.45, 2.75) is 25.2 Å². The van der Waals surface area contributed by atoms with Crippen molar-refractivity contribution in [2.75, 3.05) is 24.6 Å². The molecule has 2 atom stereocenters. The minimum Gasteiger partial charge on any atom is -0.347 e. The van der Waals surface area contributed by atoms with E-state index in [0.29, 0.717) is 0 Å². The first-order valence-electron chi connectivity index (χ1n) is 8.15. The predicted molar refractivity (Wildman–Crippen MR) is 89.9 cm³/mol. The first-order chi connectivity index (χ1) is 11.6. The summed E-state index contributed by atoms with van der Waals surface area (Å²) in [7, 11) is -2.99. The second-order valence-corrected chi connectivity index (χ2v) is 8.74. The number of piperazine rings is 1. The first kappa shape index (κ1) is 15.7. The Labute approximate surface area is 141 Å². The fourth-order valence-electron chi connectivity index (χ4n) is 3.81. The topological polar surface area (TPSA) is 82.2 Å². The molecule has 4 heterocycles. The van der Waals surface area contributed by atoms with E-state index >= 15 is 0 Å². The number of nitrogens with zero attached hydrogens (tertiary/aromatic N) is 4. The van der Waals surface area contributed by atoms with Crippen LogP contribution in [0.3, 0.4) is 0 Å². The Morgan fingerprint density at radius 2 is 1.83 bits per heavy atom. The van der Waals surface area contributed by atoms with Gasteiger partial charge >= 0.3 is 0 Å². The number of H-pyrrole nitrogens is 1. The summed E-state index contributed by atoms with van der Waals surface area (Å²) in [4.78, 5) is 15.9. The molecule has 0 amide bonds. The van der Waals surface area contributed by atoms with Crippen LogP contribution in [-0.2, 0) is 22.9 Å². The van der Waals surface area contributed by atoms with Crippen molar-refractivity contribution in [3.05, 3.63) is 48.3 Å². The van der Waals surface area contributed by atoms with E-state index in [2.05, 4.69) is 24.8 Å². The van der Waals surface area contributed by atoms with E-state index in [1.165, 1.54) is 0 Å². The molecule has 2 aliphatic heterocycles. The van der Waals surface area contributed by atoms with E-state index in [0.717, 1.165) is 37.4 Å². The molecule has 2 aromatic rings. The number of nitrogens with one attached hydrogen (secondary N) is 1. The van der Waals surface area contributed by atoms with E-state index in [1.807, 2.05) is 18.3 Å². The highest BCUT2D eigenvalue weighted by atomic mass is 32.2. The van der Waals surface area contributed by atoms with Gasteiger partial charge in [0.2, 0.25) is 0 Å². The van der Waals surface area contributed by atoms with Gasteiger partial charge in [0.15, 0.2) is 9.84 Å². The third kappa shape index (κ3) is 3.22. The standard InChI is InChI=1S/C16H21N5O2S/c22-24(23)10-15-16(11-24)21(9-14-7-18-12-19-14)5-4-20(15)8-13-2-1-3-17-6-13/h1-3,6-7,12,15-16H,4-5,8-11H2,(H,18,19)/t15-,16+/m1/s1. The number of fused-ring (bicyclic) bond motifs is 1. The van der Waals surface area contributed by atoms with Crippen LogP contribution in [0.15, 0.2) is 37.1 Å². The quantitative estimate of drug-likeness (QED) is 0.856. The van der Waals surface area contributed by atoms with Crippen molar-refractivity contribution in [2.24, 2.45) is 0 Å². The summed E-state index contributed by atoms with van der Waals surface area (Å²) in [5.41, 5.74) is 2.15. The van der Waals surface area contributed by atoms with Gasteiger partial charge in [-0.3, -0.25) is 14.8 Å². The average Bonchev–Trinajstić information content (AvgIpc) is 3.17. The zero-order valence-corrected chi connectivity index (χ0v) is 14.2. The van der Waals surface area contributed by atoms with Crippen molar-refractivity contribution in [1.82, 2.24) is 24.8 Å². The second kappa shape index (κ2) is 6.27. The average molecular weight is 347 g/mol. The largest absolute Gasteiger partial charge is 0.347 e. The van der Waals surface area contributed by atoms with Crippen LogP contribution in [0.25, 0.3) is 0 Å². The molecule has 0 aromatic carbocycles. The third-order valence-electron chi connectivity index (χ3n) is 4.94. The maximum absolute atomic E-state index is 12.3. The van der Waals surface area contributed by atoms with Crippen LogP contribution in [0, 0.1) is 0 Å². The van der Waals surface area contributed by atoms with Crippen molar-refractivity contribution >= 4 is 9.84 Å². The Balaban J connectivity index is 1.53. The van der Waals surface area contributed by atoms with E-state index in [1.54, 1.807) is 18.7 Å². The molecule has 2 fully saturated rings. The van der Waals surface area contributed by atoms with Crippen LogP contribution < -0.4 is 0 Å². The summed E-state index contributed by atoms with van der Waals surface area (Å²) in [6.07, 6.45) is 7.08. The summed E-state index contributed by atoms with van der Waals surface area (Å²) >= 11 is 0. The van der Waals surface area contributed by atoms with Gasteiger partial charge in [0, 0.05) is 62.5 Å². The lowest BCUT2D eigenvalue weighted by Gasteiger charge is -2.43. The second-order valence-electron chi connectivity index (χ2n) is 6.59. The van der Waals surface area contributed by atoms with Crippen molar-refractivity contribution in [3.63, 3.8) is 0 Å². The number of sulfone groups is 1. The number of hydrogen-bond acceptors (Lipinski definition) is 6. The van der Waals surface area contributed by atoms with Crippen LogP contribution in [0.5, 0.6) is 0 Å². The zero-order valence-electron chi connectivity index (χ0n) is 13.4. The number of aromatic amines is 1. The molecule has 7 nitrogen and oxygen atoms in total. The monoisotopic (exact) mass is 347 g/mol. The molecular formula is C16H21N5O2S. The van der Waals surface area contributed by atoms with Gasteiger partial charge in [-0.15, -0.1) is 0 Å². The Kier molecular flexibility index (Phi) is 4.11. The van der Waals surface area contributed by atoms with E-state index in [9.17, 15) is 8.42 Å². The van der Waals surface area contributed by atoms with Crippen molar-refractivity contribution in [3.8, 4) is 0 Å². The molecule has 2 aromatic heterocycles. The Bertz CT molecular complexity index is 778. The minimum absolute atomic E-state index is 0.0451. The molecule has 0 saturated carbocycles. The molecule has 0 bridgehead atoms. The van der Waals surface area contributed by atoms with Gasteiger partial charge in [-0.25, -0.2) is 13.4 Å². The summed E-state index contributed by atoms with van der Waals surface area (Å²) in [5.74, 6) is 0.493. The maximum atomic E-state index is 12.3. The van der Waals surface area contributed by atoms with Crippen LogP contribution in [-0.4, -0.2) is 69.8 Å². The molecule has 0 aliphatic carbocycles. The molecule has 1 N–H and O–H groups in total. The minimum atomic E-state index is -2.99. The Hall–Kier alpha value is -1.77. The number of aromatic nitrogens is 3. The van der Waals surface area contributed by atoms with Crippen molar-refractivity contribution in [1.29, 1.82) is 0 Å². The molecule has 2 aliphatic rings. The molecule has 24 heavy (non-hydrogen) atoms. The highest BCUT2D eigenvalue weighted by Gasteiger charge is 2.46. The normalized spacial score (nSPS) is 27.2. The molecule has 128 valence electrons. The first-order valence-corrected chi connectivity index (χ1v) is 9.97. The molecule has 0 unspecified atom stereocenters. The van der Waals surface area contributed by atoms with Gasteiger partial charge in [0.05, 0.1) is 17.8 Å². The lowest BCUT2D eigenvalue weighted by molar-refractivity contribution is 0.0348. The zero-order chi connectivity index (χ0) is 16.6. The van der Waals surface area contributed by atoms with E-state index in [-0.39, 0.29) is 23.6 Å². The molecule has 8 heteroatoms. The van der Waals surface area contributed by atoms with Crippen molar-refractivity contribution < 1.29 is 8.42 Å². The predicted octanol–water partition coefficient (Wildman–Crippen LogP) is 0.288. The summed E-state index contributed by atoms with van der Waals surface area (Å²) in [6, 6.07) is 4.06. The molecule has 0 radical (unpaired) electrons. The van der Waals surface area contributed by atoms with Gasteiger partial charge in [-0.2, -0.15) is 0 Å². The lowest BCUT2D eigenvalue weighted by Crippen LogP contribution is -2.58. The van der Waals surface area contributed by atoms with Crippen LogP contribution in [0.2, 0.25) is 0 Å². The molecule has 0 spiro atoms. The van der Waals surface area contributed by atoms with Gasteiger partial charge in [0.1, 0.15) is 0 Å². The Morgan fingerprint density at radius 3 is 2.46 bits per heavy atom. The van der Waals surface area contributed by atoms with E-state index in [4.69, 9.17) is 0 Å². The summed E-state index contributed by atoms with van der Waals surface area (Å²) < 4.78 is 24.5. The SMILES string of the molecule is O=S1(=O)C[C@@H]2[C@H](C1)N(Cc1cnc[nH]1)CCN2Cc1cccnc1. The lowest BCUT2D eigenvalue weighted by atomic mass is 10.0. The van der Waals surface area contributed by atoms with E-state index < -0.39 is 9.84 Å². The number of imidazole rings is 1. The van der Waals surface area contributed by atoms with Crippen LogP contribution in [0.4, 0.5) is 0 Å². The number of rotatable bonds is 4. The smallest absolute Gasteiger partial charge is 0.153 e. The number of pyridine rings is 1.